The van der Waals surface area contributed by atoms with Gasteiger partial charge in [0.25, 0.3) is 5.91 Å². The third-order valence-corrected chi connectivity index (χ3v) is 3.69. The first-order valence-electron chi connectivity index (χ1n) is 6.35. The number of hydrogen-bond acceptors (Lipinski definition) is 2. The first-order valence-corrected chi connectivity index (χ1v) is 6.35. The average molecular weight is 244 g/mol. The molecule has 2 heterocycles. The summed E-state index contributed by atoms with van der Waals surface area (Å²) in [4.78, 5) is 25.5. The average Bonchev–Trinajstić information content (AvgIpc) is 2.92. The second-order valence-corrected chi connectivity index (χ2v) is 5.24. The fraction of sp³-hybridized carbons (Fsp3) is 0.429. The topological polar surface area (TPSA) is 49.4 Å². The van der Waals surface area contributed by atoms with Crippen molar-refractivity contribution in [1.82, 2.24) is 4.90 Å². The zero-order valence-electron chi connectivity index (χ0n) is 10.4. The Kier molecular flexibility index (Phi) is 2.58. The number of likely N-dealkylation sites (tertiary alicyclic amines) is 1. The van der Waals surface area contributed by atoms with Gasteiger partial charge >= 0.3 is 0 Å². The van der Waals surface area contributed by atoms with E-state index in [4.69, 9.17) is 0 Å². The van der Waals surface area contributed by atoms with E-state index in [0.29, 0.717) is 17.9 Å². The number of fused-ring (bicyclic) bond motifs is 1. The summed E-state index contributed by atoms with van der Waals surface area (Å²) < 4.78 is 0. The Morgan fingerprint density at radius 2 is 2.28 bits per heavy atom. The van der Waals surface area contributed by atoms with E-state index >= 15 is 0 Å². The Morgan fingerprint density at radius 1 is 1.44 bits per heavy atom. The molecule has 0 spiro atoms. The molecule has 0 aliphatic carbocycles. The SMILES string of the molecule is CC1CCN(C(=O)c2ccc3c(c2)NC(=O)C3)C1. The molecular formula is C14H16N2O2. The van der Waals surface area contributed by atoms with E-state index in [0.717, 1.165) is 30.8 Å². The number of benzene rings is 1. The van der Waals surface area contributed by atoms with E-state index < -0.39 is 0 Å². The van der Waals surface area contributed by atoms with Crippen LogP contribution < -0.4 is 5.32 Å². The van der Waals surface area contributed by atoms with Gasteiger partial charge in [0.1, 0.15) is 0 Å². The van der Waals surface area contributed by atoms with Gasteiger partial charge in [-0.25, -0.2) is 0 Å². The summed E-state index contributed by atoms with van der Waals surface area (Å²) in [6.07, 6.45) is 1.50. The van der Waals surface area contributed by atoms with Crippen LogP contribution in [0.15, 0.2) is 18.2 Å². The Hall–Kier alpha value is -1.84. The fourth-order valence-corrected chi connectivity index (χ4v) is 2.65. The molecule has 1 aromatic carbocycles. The maximum absolute atomic E-state index is 12.3. The molecule has 1 aromatic rings. The molecule has 3 rings (SSSR count). The molecule has 4 nitrogen and oxygen atoms in total. The minimum atomic E-state index is 0.00407. The van der Waals surface area contributed by atoms with Gasteiger partial charge in [-0.15, -0.1) is 0 Å². The van der Waals surface area contributed by atoms with Gasteiger partial charge in [-0.3, -0.25) is 9.59 Å². The Balaban J connectivity index is 1.83. The summed E-state index contributed by atoms with van der Waals surface area (Å²) in [5.74, 6) is 0.663. The highest BCUT2D eigenvalue weighted by Crippen LogP contribution is 2.25. The molecule has 0 bridgehead atoms. The van der Waals surface area contributed by atoms with Crippen LogP contribution in [0.2, 0.25) is 0 Å². The number of carbonyl (C=O) groups excluding carboxylic acids is 2. The molecule has 0 radical (unpaired) electrons. The molecule has 0 saturated carbocycles. The summed E-state index contributed by atoms with van der Waals surface area (Å²) in [5.41, 5.74) is 2.44. The van der Waals surface area contributed by atoms with Gasteiger partial charge in [0.2, 0.25) is 5.91 Å². The molecule has 2 aliphatic heterocycles. The second kappa shape index (κ2) is 4.12. The minimum Gasteiger partial charge on any atom is -0.338 e. The van der Waals surface area contributed by atoms with Crippen molar-refractivity contribution in [1.29, 1.82) is 0 Å². The molecular weight excluding hydrogens is 228 g/mol. The maximum Gasteiger partial charge on any atom is 0.253 e. The van der Waals surface area contributed by atoms with Gasteiger partial charge in [-0.1, -0.05) is 13.0 Å². The van der Waals surface area contributed by atoms with Crippen LogP contribution in [0.4, 0.5) is 5.69 Å². The van der Waals surface area contributed by atoms with Gasteiger partial charge in [0.05, 0.1) is 6.42 Å². The van der Waals surface area contributed by atoms with Crippen molar-refractivity contribution in [2.24, 2.45) is 5.92 Å². The molecule has 2 amide bonds. The summed E-state index contributed by atoms with van der Waals surface area (Å²) in [5, 5.41) is 2.78. The fourth-order valence-electron chi connectivity index (χ4n) is 2.65. The number of amides is 2. The summed E-state index contributed by atoms with van der Waals surface area (Å²) in [6.45, 7) is 3.84. The highest BCUT2D eigenvalue weighted by molar-refractivity contribution is 6.02. The quantitative estimate of drug-likeness (QED) is 0.816. The molecule has 1 N–H and O–H groups in total. The molecule has 1 fully saturated rings. The van der Waals surface area contributed by atoms with Crippen LogP contribution in [0.1, 0.15) is 29.3 Å². The molecule has 1 atom stereocenters. The third kappa shape index (κ3) is 1.88. The van der Waals surface area contributed by atoms with E-state index in [-0.39, 0.29) is 11.8 Å². The number of anilines is 1. The lowest BCUT2D eigenvalue weighted by atomic mass is 10.1. The van der Waals surface area contributed by atoms with E-state index in [1.807, 2.05) is 17.0 Å². The van der Waals surface area contributed by atoms with Crippen LogP contribution >= 0.6 is 0 Å². The van der Waals surface area contributed by atoms with Gasteiger partial charge in [0.15, 0.2) is 0 Å². The molecule has 0 aromatic heterocycles. The maximum atomic E-state index is 12.3. The zero-order chi connectivity index (χ0) is 12.7. The number of carbonyl (C=O) groups is 2. The van der Waals surface area contributed by atoms with Crippen LogP contribution in [-0.4, -0.2) is 29.8 Å². The number of rotatable bonds is 1. The summed E-state index contributed by atoms with van der Waals surface area (Å²) in [6, 6.07) is 5.50. The van der Waals surface area contributed by atoms with Crippen molar-refractivity contribution in [3.8, 4) is 0 Å². The zero-order valence-corrected chi connectivity index (χ0v) is 10.4. The van der Waals surface area contributed by atoms with Gasteiger partial charge in [-0.05, 0) is 30.0 Å². The second-order valence-electron chi connectivity index (χ2n) is 5.24. The Bertz CT molecular complexity index is 525. The largest absolute Gasteiger partial charge is 0.338 e. The molecule has 2 aliphatic rings. The normalized spacial score (nSPS) is 21.9. The third-order valence-electron chi connectivity index (χ3n) is 3.69. The molecule has 1 saturated heterocycles. The Labute approximate surface area is 106 Å². The predicted octanol–water partition coefficient (Wildman–Crippen LogP) is 1.66. The standard InChI is InChI=1S/C14H16N2O2/c1-9-4-5-16(8-9)14(18)11-3-2-10-7-13(17)15-12(10)6-11/h2-3,6,9H,4-5,7-8H2,1H3,(H,15,17). The minimum absolute atomic E-state index is 0.00407. The van der Waals surface area contributed by atoms with Crippen LogP contribution in [0.5, 0.6) is 0 Å². The van der Waals surface area contributed by atoms with Gasteiger partial charge in [0, 0.05) is 24.3 Å². The van der Waals surface area contributed by atoms with E-state index in [9.17, 15) is 9.59 Å². The van der Waals surface area contributed by atoms with E-state index in [2.05, 4.69) is 12.2 Å². The van der Waals surface area contributed by atoms with E-state index in [1.165, 1.54) is 0 Å². The predicted molar refractivity (Wildman–Crippen MR) is 68.5 cm³/mol. The van der Waals surface area contributed by atoms with Gasteiger partial charge in [-0.2, -0.15) is 0 Å². The molecule has 18 heavy (non-hydrogen) atoms. The summed E-state index contributed by atoms with van der Waals surface area (Å²) in [7, 11) is 0. The highest BCUT2D eigenvalue weighted by atomic mass is 16.2. The lowest BCUT2D eigenvalue weighted by Gasteiger charge is -2.16. The molecule has 94 valence electrons. The van der Waals surface area contributed by atoms with Crippen molar-refractivity contribution in [3.63, 3.8) is 0 Å². The van der Waals surface area contributed by atoms with Crippen molar-refractivity contribution in [3.05, 3.63) is 29.3 Å². The van der Waals surface area contributed by atoms with Crippen LogP contribution in [0, 0.1) is 5.92 Å². The summed E-state index contributed by atoms with van der Waals surface area (Å²) >= 11 is 0. The molecule has 1 unspecified atom stereocenters. The highest BCUT2D eigenvalue weighted by Gasteiger charge is 2.25. The first kappa shape index (κ1) is 11.3. The van der Waals surface area contributed by atoms with Crippen LogP contribution in [-0.2, 0) is 11.2 Å². The lowest BCUT2D eigenvalue weighted by molar-refractivity contribution is -0.115. The monoisotopic (exact) mass is 244 g/mol. The van der Waals surface area contributed by atoms with Crippen LogP contribution in [0.25, 0.3) is 0 Å². The lowest BCUT2D eigenvalue weighted by Crippen LogP contribution is -2.28. The van der Waals surface area contributed by atoms with Crippen molar-refractivity contribution < 1.29 is 9.59 Å². The van der Waals surface area contributed by atoms with Gasteiger partial charge < -0.3 is 10.2 Å². The number of hydrogen-bond donors (Lipinski definition) is 1. The first-order chi connectivity index (χ1) is 8.63. The molecule has 4 heteroatoms. The number of nitrogens with zero attached hydrogens (tertiary/aromatic N) is 1. The van der Waals surface area contributed by atoms with Crippen molar-refractivity contribution in [2.75, 3.05) is 18.4 Å². The smallest absolute Gasteiger partial charge is 0.253 e. The van der Waals surface area contributed by atoms with Crippen molar-refractivity contribution >= 4 is 17.5 Å². The van der Waals surface area contributed by atoms with E-state index in [1.54, 1.807) is 6.07 Å². The number of nitrogens with one attached hydrogen (secondary N) is 1. The van der Waals surface area contributed by atoms with Crippen LogP contribution in [0.3, 0.4) is 0 Å². The Morgan fingerprint density at radius 3 is 3.00 bits per heavy atom. The van der Waals surface area contributed by atoms with Crippen molar-refractivity contribution in [2.45, 2.75) is 19.8 Å².